The van der Waals surface area contributed by atoms with Gasteiger partial charge in [0.15, 0.2) is 0 Å². The molecule has 7 nitrogen and oxygen atoms in total. The molecule has 4 aromatic rings. The van der Waals surface area contributed by atoms with E-state index in [1.807, 2.05) is 30.3 Å². The molecule has 1 aliphatic heterocycles. The maximum atomic E-state index is 11.3. The topological polar surface area (TPSA) is 75.7 Å². The van der Waals surface area contributed by atoms with Gasteiger partial charge in [0.05, 0.1) is 16.3 Å². The summed E-state index contributed by atoms with van der Waals surface area (Å²) in [5.74, 6) is 0. The fourth-order valence-corrected chi connectivity index (χ4v) is 4.12. The van der Waals surface area contributed by atoms with E-state index >= 15 is 0 Å². The Kier molecular flexibility index (Phi) is 5.19. The van der Waals surface area contributed by atoms with Gasteiger partial charge in [-0.25, -0.2) is 4.98 Å². The molecule has 7 heteroatoms. The molecule has 0 atom stereocenters. The number of nitrogens with zero attached hydrogens (tertiary/aromatic N) is 4. The Balaban J connectivity index is 1.65. The van der Waals surface area contributed by atoms with Crippen molar-refractivity contribution in [1.82, 2.24) is 19.6 Å². The maximum absolute atomic E-state index is 11.3. The predicted octanol–water partition coefficient (Wildman–Crippen LogP) is 3.98. The molecular formula is C24H23N5O2. The Morgan fingerprint density at radius 3 is 2.48 bits per heavy atom. The molecule has 2 aromatic carbocycles. The third-order valence-corrected chi connectivity index (χ3v) is 5.74. The molecule has 1 saturated heterocycles. The van der Waals surface area contributed by atoms with Gasteiger partial charge in [-0.1, -0.05) is 42.5 Å². The molecule has 1 fully saturated rings. The normalized spacial score (nSPS) is 14.7. The number of imidazole rings is 1. The van der Waals surface area contributed by atoms with E-state index in [0.29, 0.717) is 0 Å². The molecule has 0 unspecified atom stereocenters. The Labute approximate surface area is 180 Å². The molecule has 0 spiro atoms. The van der Waals surface area contributed by atoms with Gasteiger partial charge in [0, 0.05) is 56.6 Å². The van der Waals surface area contributed by atoms with Crippen LogP contribution in [0.2, 0.25) is 0 Å². The van der Waals surface area contributed by atoms with Gasteiger partial charge in [0.1, 0.15) is 5.65 Å². The van der Waals surface area contributed by atoms with E-state index in [0.717, 1.165) is 66.4 Å². The summed E-state index contributed by atoms with van der Waals surface area (Å²) < 4.78 is 2.14. The lowest BCUT2D eigenvalue weighted by Crippen LogP contribution is -2.43. The number of piperazine rings is 1. The van der Waals surface area contributed by atoms with Crippen molar-refractivity contribution >= 4 is 11.3 Å². The summed E-state index contributed by atoms with van der Waals surface area (Å²) in [5.41, 5.74) is 5.78. The van der Waals surface area contributed by atoms with Gasteiger partial charge in [-0.05, 0) is 23.3 Å². The number of nitro benzene ring substituents is 1. The lowest BCUT2D eigenvalue weighted by atomic mass is 10.1. The summed E-state index contributed by atoms with van der Waals surface area (Å²) in [6.07, 6.45) is 2.12. The Hall–Kier alpha value is -3.55. The zero-order chi connectivity index (χ0) is 21.2. The minimum absolute atomic E-state index is 0.0765. The third-order valence-electron chi connectivity index (χ3n) is 5.74. The Bertz CT molecular complexity index is 1230. The SMILES string of the molecule is O=[N+]([O-])c1cccc(-c2nc3ccc(-c4ccccc4)cn3c2CN2CCNCC2)c1. The van der Waals surface area contributed by atoms with Crippen molar-refractivity contribution in [2.75, 3.05) is 26.2 Å². The summed E-state index contributed by atoms with van der Waals surface area (Å²) in [5, 5.41) is 14.7. The first-order valence-corrected chi connectivity index (χ1v) is 10.4. The first-order chi connectivity index (χ1) is 15.2. The number of aromatic nitrogens is 2. The van der Waals surface area contributed by atoms with Crippen LogP contribution in [-0.4, -0.2) is 45.4 Å². The highest BCUT2D eigenvalue weighted by Crippen LogP contribution is 2.30. The van der Waals surface area contributed by atoms with Crippen LogP contribution in [-0.2, 0) is 6.54 Å². The smallest absolute Gasteiger partial charge is 0.270 e. The zero-order valence-corrected chi connectivity index (χ0v) is 17.1. The minimum atomic E-state index is -0.358. The highest BCUT2D eigenvalue weighted by molar-refractivity contribution is 5.71. The number of pyridine rings is 1. The van der Waals surface area contributed by atoms with Crippen molar-refractivity contribution in [3.8, 4) is 22.4 Å². The van der Waals surface area contributed by atoms with Crippen LogP contribution in [0, 0.1) is 10.1 Å². The van der Waals surface area contributed by atoms with Gasteiger partial charge in [0.2, 0.25) is 0 Å². The van der Waals surface area contributed by atoms with Gasteiger partial charge in [0.25, 0.3) is 5.69 Å². The minimum Gasteiger partial charge on any atom is -0.314 e. The molecule has 0 saturated carbocycles. The number of hydrogen-bond donors (Lipinski definition) is 1. The number of fused-ring (bicyclic) bond motifs is 1. The van der Waals surface area contributed by atoms with E-state index in [-0.39, 0.29) is 10.6 Å². The highest BCUT2D eigenvalue weighted by atomic mass is 16.6. The van der Waals surface area contributed by atoms with Gasteiger partial charge in [-0.3, -0.25) is 15.0 Å². The number of non-ortho nitro benzene ring substituents is 1. The molecule has 31 heavy (non-hydrogen) atoms. The Morgan fingerprint density at radius 2 is 1.71 bits per heavy atom. The standard InChI is InChI=1S/C24H23N5O2/c30-29(31)21-8-4-7-19(15-21)24-22(17-27-13-11-25-12-14-27)28-16-20(9-10-23(28)26-24)18-5-2-1-3-6-18/h1-10,15-16,25H,11-14,17H2. The quantitative estimate of drug-likeness (QED) is 0.396. The van der Waals surface area contributed by atoms with E-state index in [9.17, 15) is 10.1 Å². The van der Waals surface area contributed by atoms with Crippen LogP contribution in [0.1, 0.15) is 5.69 Å². The fraction of sp³-hybridized carbons (Fsp3) is 0.208. The van der Waals surface area contributed by atoms with Crippen LogP contribution in [0.25, 0.3) is 28.0 Å². The largest absolute Gasteiger partial charge is 0.314 e. The van der Waals surface area contributed by atoms with E-state index in [4.69, 9.17) is 4.98 Å². The molecular weight excluding hydrogens is 390 g/mol. The lowest BCUT2D eigenvalue weighted by molar-refractivity contribution is -0.384. The summed E-state index contributed by atoms with van der Waals surface area (Å²) in [6.45, 7) is 4.56. The lowest BCUT2D eigenvalue weighted by Gasteiger charge is -2.27. The molecule has 0 bridgehead atoms. The maximum Gasteiger partial charge on any atom is 0.270 e. The second kappa shape index (κ2) is 8.29. The summed E-state index contributed by atoms with van der Waals surface area (Å²) in [4.78, 5) is 18.2. The first-order valence-electron chi connectivity index (χ1n) is 10.4. The van der Waals surface area contributed by atoms with Crippen LogP contribution < -0.4 is 5.32 Å². The number of nitro groups is 1. The van der Waals surface area contributed by atoms with E-state index in [1.54, 1.807) is 12.1 Å². The van der Waals surface area contributed by atoms with Crippen molar-refractivity contribution in [3.05, 3.63) is 88.7 Å². The van der Waals surface area contributed by atoms with Gasteiger partial charge in [-0.2, -0.15) is 0 Å². The molecule has 2 aromatic heterocycles. The van der Waals surface area contributed by atoms with Gasteiger partial charge >= 0.3 is 0 Å². The summed E-state index contributed by atoms with van der Waals surface area (Å²) in [6, 6.07) is 21.1. The van der Waals surface area contributed by atoms with E-state index in [2.05, 4.69) is 39.0 Å². The average molecular weight is 413 g/mol. The van der Waals surface area contributed by atoms with Crippen LogP contribution in [0.3, 0.4) is 0 Å². The second-order valence-corrected chi connectivity index (χ2v) is 7.75. The van der Waals surface area contributed by atoms with Crippen LogP contribution in [0.5, 0.6) is 0 Å². The average Bonchev–Trinajstić information content (AvgIpc) is 3.18. The van der Waals surface area contributed by atoms with Crippen LogP contribution >= 0.6 is 0 Å². The predicted molar refractivity (Wildman–Crippen MR) is 121 cm³/mol. The summed E-state index contributed by atoms with van der Waals surface area (Å²) in [7, 11) is 0. The van der Waals surface area contributed by atoms with Crippen molar-refractivity contribution in [2.24, 2.45) is 0 Å². The van der Waals surface area contributed by atoms with Crippen LogP contribution in [0.15, 0.2) is 72.9 Å². The molecule has 0 radical (unpaired) electrons. The molecule has 3 heterocycles. The molecule has 1 N–H and O–H groups in total. The molecule has 0 amide bonds. The summed E-state index contributed by atoms with van der Waals surface area (Å²) >= 11 is 0. The molecule has 0 aliphatic carbocycles. The van der Waals surface area contributed by atoms with Crippen LogP contribution in [0.4, 0.5) is 5.69 Å². The van der Waals surface area contributed by atoms with E-state index < -0.39 is 0 Å². The van der Waals surface area contributed by atoms with Crippen molar-refractivity contribution in [1.29, 1.82) is 0 Å². The number of nitrogens with one attached hydrogen (secondary N) is 1. The number of hydrogen-bond acceptors (Lipinski definition) is 5. The van der Waals surface area contributed by atoms with Gasteiger partial charge in [-0.15, -0.1) is 0 Å². The number of rotatable bonds is 5. The monoisotopic (exact) mass is 413 g/mol. The molecule has 156 valence electrons. The van der Waals surface area contributed by atoms with Crippen molar-refractivity contribution < 1.29 is 4.92 Å². The van der Waals surface area contributed by atoms with Crippen molar-refractivity contribution in [2.45, 2.75) is 6.54 Å². The molecule has 1 aliphatic rings. The number of benzene rings is 2. The fourth-order valence-electron chi connectivity index (χ4n) is 4.12. The third kappa shape index (κ3) is 3.93. The Morgan fingerprint density at radius 1 is 0.935 bits per heavy atom. The van der Waals surface area contributed by atoms with E-state index in [1.165, 1.54) is 6.07 Å². The molecule has 5 rings (SSSR count). The van der Waals surface area contributed by atoms with Gasteiger partial charge < -0.3 is 9.72 Å². The first kappa shape index (κ1) is 19.4. The van der Waals surface area contributed by atoms with Crippen molar-refractivity contribution in [3.63, 3.8) is 0 Å². The second-order valence-electron chi connectivity index (χ2n) is 7.75. The highest BCUT2D eigenvalue weighted by Gasteiger charge is 2.20. The zero-order valence-electron chi connectivity index (χ0n) is 17.1.